The topological polar surface area (TPSA) is 62.8 Å². The molecule has 1 saturated heterocycles. The molecule has 1 aromatic rings. The van der Waals surface area contributed by atoms with Crippen molar-refractivity contribution in [3.63, 3.8) is 0 Å². The Balaban J connectivity index is 0.00000364. The van der Waals surface area contributed by atoms with Gasteiger partial charge in [-0.05, 0) is 25.1 Å². The third kappa shape index (κ3) is 7.17. The highest BCUT2D eigenvalue weighted by Crippen LogP contribution is 2.35. The van der Waals surface area contributed by atoms with Crippen molar-refractivity contribution in [1.29, 1.82) is 0 Å². The van der Waals surface area contributed by atoms with Crippen molar-refractivity contribution in [2.45, 2.75) is 19.1 Å². The number of alkyl halides is 3. The first-order valence-electron chi connectivity index (χ1n) is 8.39. The number of halogens is 4. The van der Waals surface area contributed by atoms with Crippen LogP contribution in [0.3, 0.4) is 0 Å². The van der Waals surface area contributed by atoms with Crippen molar-refractivity contribution in [2.75, 3.05) is 51.8 Å². The van der Waals surface area contributed by atoms with Crippen molar-refractivity contribution in [3.05, 3.63) is 23.8 Å². The molecule has 2 N–H and O–H groups in total. The molecule has 154 valence electrons. The summed E-state index contributed by atoms with van der Waals surface area (Å²) in [5.41, 5.74) is -0.842. The summed E-state index contributed by atoms with van der Waals surface area (Å²) >= 11 is 0. The lowest BCUT2D eigenvalue weighted by molar-refractivity contribution is -0.137. The van der Waals surface area contributed by atoms with Gasteiger partial charge in [-0.25, -0.2) is 0 Å². The Morgan fingerprint density at radius 1 is 1.37 bits per heavy atom. The number of nitrogens with one attached hydrogen (secondary N) is 2. The van der Waals surface area contributed by atoms with E-state index in [1.165, 1.54) is 13.2 Å². The summed E-state index contributed by atoms with van der Waals surface area (Å²) in [6.07, 6.45) is -4.50. The lowest BCUT2D eigenvalue weighted by Gasteiger charge is -2.33. The molecule has 0 spiro atoms. The van der Waals surface area contributed by atoms with E-state index in [0.717, 1.165) is 25.2 Å². The Kier molecular flexibility index (Phi) is 9.31. The molecular weight excluding hydrogens is 387 g/mol. The summed E-state index contributed by atoms with van der Waals surface area (Å²) in [7, 11) is 1.49. The smallest absolute Gasteiger partial charge is 0.416 e. The first-order valence-corrected chi connectivity index (χ1v) is 8.39. The highest BCUT2D eigenvalue weighted by Gasteiger charge is 2.31. The van der Waals surface area contributed by atoms with E-state index in [1.807, 2.05) is 11.8 Å². The summed E-state index contributed by atoms with van der Waals surface area (Å²) in [5.74, 6) is -0.202. The van der Waals surface area contributed by atoms with Crippen LogP contribution in [0.1, 0.15) is 12.5 Å². The van der Waals surface area contributed by atoms with Gasteiger partial charge in [0.15, 0.2) is 0 Å². The second-order valence-electron chi connectivity index (χ2n) is 6.12. The molecule has 0 aliphatic carbocycles. The van der Waals surface area contributed by atoms with Crippen molar-refractivity contribution in [3.8, 4) is 5.75 Å². The number of benzene rings is 1. The Labute approximate surface area is 162 Å². The summed E-state index contributed by atoms with van der Waals surface area (Å²) in [6, 6.07) is 3.20. The molecule has 0 radical (unpaired) electrons. The van der Waals surface area contributed by atoms with Gasteiger partial charge in [-0.2, -0.15) is 13.2 Å². The molecule has 6 nitrogen and oxygen atoms in total. The van der Waals surface area contributed by atoms with E-state index in [9.17, 15) is 18.0 Å². The Bertz CT molecular complexity index is 617. The zero-order valence-corrected chi connectivity index (χ0v) is 16.1. The van der Waals surface area contributed by atoms with Crippen LogP contribution in [0.5, 0.6) is 5.75 Å². The lowest BCUT2D eigenvalue weighted by Crippen LogP contribution is -2.52. The quantitative estimate of drug-likeness (QED) is 0.675. The van der Waals surface area contributed by atoms with Crippen molar-refractivity contribution in [1.82, 2.24) is 10.2 Å². The monoisotopic (exact) mass is 411 g/mol. The molecule has 1 aliphatic heterocycles. The van der Waals surface area contributed by atoms with Crippen molar-refractivity contribution in [2.24, 2.45) is 0 Å². The van der Waals surface area contributed by atoms with E-state index in [0.29, 0.717) is 6.54 Å². The predicted molar refractivity (Wildman–Crippen MR) is 98.6 cm³/mol. The normalized spacial score (nSPS) is 17.9. The van der Waals surface area contributed by atoms with Crippen LogP contribution >= 0.6 is 12.4 Å². The van der Waals surface area contributed by atoms with Crippen LogP contribution in [0.4, 0.5) is 18.9 Å². The number of amides is 1. The first-order chi connectivity index (χ1) is 12.3. The highest BCUT2D eigenvalue weighted by atomic mass is 35.5. The van der Waals surface area contributed by atoms with E-state index in [2.05, 4.69) is 10.6 Å². The fraction of sp³-hybridized carbons (Fsp3) is 0.588. The number of hydrogen-bond acceptors (Lipinski definition) is 5. The molecule has 10 heteroatoms. The number of anilines is 1. The number of nitrogens with zero attached hydrogens (tertiary/aromatic N) is 1. The SMILES string of the molecule is COCCOc1ccc(C(F)(F)F)cc1NC(=O)CN1CCNC[C@@H]1C.Cl. The maximum Gasteiger partial charge on any atom is 0.416 e. The molecule has 2 rings (SSSR count). The third-order valence-electron chi connectivity index (χ3n) is 4.11. The predicted octanol–water partition coefficient (Wildman–Crippen LogP) is 2.38. The van der Waals surface area contributed by atoms with Crippen LogP contribution < -0.4 is 15.4 Å². The minimum Gasteiger partial charge on any atom is -0.489 e. The number of piperazine rings is 1. The molecule has 1 aromatic carbocycles. The van der Waals surface area contributed by atoms with Crippen LogP contribution in [0.25, 0.3) is 0 Å². The number of hydrogen-bond donors (Lipinski definition) is 2. The molecule has 1 fully saturated rings. The lowest BCUT2D eigenvalue weighted by atomic mass is 10.1. The zero-order valence-electron chi connectivity index (χ0n) is 15.3. The second kappa shape index (κ2) is 10.7. The van der Waals surface area contributed by atoms with Gasteiger partial charge in [-0.3, -0.25) is 9.69 Å². The van der Waals surface area contributed by atoms with Gasteiger partial charge in [0.05, 0.1) is 24.4 Å². The van der Waals surface area contributed by atoms with Gasteiger partial charge in [0.25, 0.3) is 0 Å². The summed E-state index contributed by atoms with van der Waals surface area (Å²) in [6.45, 7) is 4.79. The number of rotatable bonds is 7. The molecule has 1 heterocycles. The maximum absolute atomic E-state index is 13.0. The number of methoxy groups -OCH3 is 1. The van der Waals surface area contributed by atoms with Gasteiger partial charge in [-0.15, -0.1) is 12.4 Å². The zero-order chi connectivity index (χ0) is 19.2. The van der Waals surface area contributed by atoms with Crippen molar-refractivity contribution < 1.29 is 27.4 Å². The van der Waals surface area contributed by atoms with Crippen LogP contribution in [0.15, 0.2) is 18.2 Å². The van der Waals surface area contributed by atoms with Crippen LogP contribution in [0, 0.1) is 0 Å². The number of ether oxygens (including phenoxy) is 2. The Morgan fingerprint density at radius 2 is 2.11 bits per heavy atom. The average molecular weight is 412 g/mol. The standard InChI is InChI=1S/C17H24F3N3O3.ClH/c1-12-10-21-5-6-23(12)11-16(24)22-14-9-13(17(18,19)20)3-4-15(14)26-8-7-25-2;/h3-4,9,12,21H,5-8,10-11H2,1-2H3,(H,22,24);1H/t12-;/m0./s1. The molecule has 0 aromatic heterocycles. The Hall–Kier alpha value is -1.55. The van der Waals surface area contributed by atoms with E-state index >= 15 is 0 Å². The van der Waals surface area contributed by atoms with Gasteiger partial charge in [-0.1, -0.05) is 0 Å². The molecule has 0 saturated carbocycles. The van der Waals surface area contributed by atoms with Crippen LogP contribution in [-0.2, 0) is 15.7 Å². The fourth-order valence-electron chi connectivity index (χ4n) is 2.66. The largest absolute Gasteiger partial charge is 0.489 e. The van der Waals surface area contributed by atoms with Gasteiger partial charge in [0, 0.05) is 32.8 Å². The molecule has 1 aliphatic rings. The second-order valence-corrected chi connectivity index (χ2v) is 6.12. The third-order valence-corrected chi connectivity index (χ3v) is 4.11. The number of carbonyl (C=O) groups excluding carboxylic acids is 1. The van der Waals surface area contributed by atoms with Crippen molar-refractivity contribution >= 4 is 24.0 Å². The minimum atomic E-state index is -4.50. The molecule has 1 atom stereocenters. The van der Waals surface area contributed by atoms with Crippen LogP contribution in [-0.4, -0.2) is 63.4 Å². The molecular formula is C17H25ClF3N3O3. The van der Waals surface area contributed by atoms with Crippen LogP contribution in [0.2, 0.25) is 0 Å². The summed E-state index contributed by atoms with van der Waals surface area (Å²) in [4.78, 5) is 14.3. The summed E-state index contributed by atoms with van der Waals surface area (Å²) in [5, 5.41) is 5.77. The van der Waals surface area contributed by atoms with Gasteiger partial charge in [0.1, 0.15) is 12.4 Å². The van der Waals surface area contributed by atoms with Gasteiger partial charge < -0.3 is 20.1 Å². The molecule has 0 unspecified atom stereocenters. The first kappa shape index (κ1) is 23.5. The molecule has 1 amide bonds. The fourth-order valence-corrected chi connectivity index (χ4v) is 2.66. The highest BCUT2D eigenvalue weighted by molar-refractivity contribution is 5.93. The Morgan fingerprint density at radius 3 is 2.74 bits per heavy atom. The average Bonchev–Trinajstić information content (AvgIpc) is 2.57. The van der Waals surface area contributed by atoms with E-state index in [1.54, 1.807) is 0 Å². The molecule has 0 bridgehead atoms. The van der Waals surface area contributed by atoms with E-state index in [4.69, 9.17) is 9.47 Å². The van der Waals surface area contributed by atoms with Gasteiger partial charge >= 0.3 is 6.18 Å². The molecule has 27 heavy (non-hydrogen) atoms. The van der Waals surface area contributed by atoms with Gasteiger partial charge in [0.2, 0.25) is 5.91 Å². The minimum absolute atomic E-state index is 0. The summed E-state index contributed by atoms with van der Waals surface area (Å²) < 4.78 is 49.2. The van der Waals surface area contributed by atoms with E-state index < -0.39 is 11.7 Å². The van der Waals surface area contributed by atoms with E-state index in [-0.39, 0.29) is 55.6 Å². The maximum atomic E-state index is 13.0. The number of carbonyl (C=O) groups is 1.